The molecule has 0 heterocycles. The lowest BCUT2D eigenvalue weighted by Crippen LogP contribution is -1.88. The fraction of sp³-hybridized carbons (Fsp3) is 0.167. The van der Waals surface area contributed by atoms with Gasteiger partial charge in [-0.1, -0.05) is 6.08 Å². The van der Waals surface area contributed by atoms with Gasteiger partial charge in [0.2, 0.25) is 0 Å². The lowest BCUT2D eigenvalue weighted by atomic mass is 10.2. The van der Waals surface area contributed by atoms with Crippen LogP contribution in [0, 0.1) is 6.42 Å². The molecule has 0 aromatic carbocycles. The van der Waals surface area contributed by atoms with Crippen molar-refractivity contribution in [2.24, 2.45) is 0 Å². The van der Waals surface area contributed by atoms with Crippen molar-refractivity contribution in [1.29, 1.82) is 0 Å². The van der Waals surface area contributed by atoms with Crippen LogP contribution in [-0.2, 0) is 0 Å². The third-order valence-corrected chi connectivity index (χ3v) is 1.63. The summed E-state index contributed by atoms with van der Waals surface area (Å²) in [7, 11) is 0. The summed E-state index contributed by atoms with van der Waals surface area (Å²) in [5, 5.41) is 8.90. The Bertz CT molecular complexity index is 147. The van der Waals surface area contributed by atoms with Gasteiger partial charge in [0.25, 0.3) is 0 Å². The van der Waals surface area contributed by atoms with E-state index in [-0.39, 0.29) is 0 Å². The van der Waals surface area contributed by atoms with Crippen molar-refractivity contribution in [2.75, 3.05) is 0 Å². The number of halogens is 1. The molecule has 1 radical (unpaired) electrons. The molecule has 2 heteroatoms. The van der Waals surface area contributed by atoms with Crippen LogP contribution in [0.25, 0.3) is 0 Å². The van der Waals surface area contributed by atoms with Crippen LogP contribution in [0.5, 0.6) is 0 Å². The second-order valence-corrected chi connectivity index (χ2v) is 2.43. The fourth-order valence-corrected chi connectivity index (χ4v) is 0.883. The molecule has 0 unspecified atom stereocenters. The zero-order valence-electron chi connectivity index (χ0n) is 4.26. The Morgan fingerprint density at radius 1 is 1.62 bits per heavy atom. The van der Waals surface area contributed by atoms with E-state index in [2.05, 4.69) is 15.9 Å². The van der Waals surface area contributed by atoms with Crippen LogP contribution in [0.15, 0.2) is 22.4 Å². The highest BCUT2D eigenvalue weighted by molar-refractivity contribution is 9.11. The monoisotopic (exact) mass is 173 g/mol. The fourth-order valence-electron chi connectivity index (χ4n) is 0.534. The lowest BCUT2D eigenvalue weighted by Gasteiger charge is -2.02. The molecule has 0 amide bonds. The molecule has 1 rings (SSSR count). The summed E-state index contributed by atoms with van der Waals surface area (Å²) in [4.78, 5) is 0. The van der Waals surface area contributed by atoms with Crippen LogP contribution in [0.3, 0.4) is 0 Å². The SMILES string of the molecule is OC1=C(Br)C=CC[CH]1. The molecule has 0 fully saturated rings. The van der Waals surface area contributed by atoms with Crippen molar-refractivity contribution < 1.29 is 5.11 Å². The van der Waals surface area contributed by atoms with E-state index in [1.54, 1.807) is 6.42 Å². The Morgan fingerprint density at radius 2 is 2.38 bits per heavy atom. The highest BCUT2D eigenvalue weighted by Crippen LogP contribution is 2.19. The highest BCUT2D eigenvalue weighted by atomic mass is 79.9. The summed E-state index contributed by atoms with van der Waals surface area (Å²) in [6, 6.07) is 0. The number of aliphatic hydroxyl groups excluding tert-OH is 1. The summed E-state index contributed by atoms with van der Waals surface area (Å²) in [6.45, 7) is 0. The van der Waals surface area contributed by atoms with Crippen molar-refractivity contribution >= 4 is 15.9 Å². The van der Waals surface area contributed by atoms with Gasteiger partial charge in [-0.15, -0.1) is 0 Å². The van der Waals surface area contributed by atoms with Gasteiger partial charge in [-0.3, -0.25) is 0 Å². The van der Waals surface area contributed by atoms with Crippen molar-refractivity contribution in [3.05, 3.63) is 28.8 Å². The molecule has 0 aromatic heterocycles. The largest absolute Gasteiger partial charge is 0.511 e. The molecule has 43 valence electrons. The molecule has 1 N–H and O–H groups in total. The topological polar surface area (TPSA) is 20.2 Å². The van der Waals surface area contributed by atoms with Gasteiger partial charge in [-0.2, -0.15) is 0 Å². The summed E-state index contributed by atoms with van der Waals surface area (Å²) in [6.07, 6.45) is 6.41. The zero-order chi connectivity index (χ0) is 5.98. The molecule has 0 aromatic rings. The third kappa shape index (κ3) is 1.13. The number of rotatable bonds is 0. The summed E-state index contributed by atoms with van der Waals surface area (Å²) in [5.74, 6) is 0.340. The lowest BCUT2D eigenvalue weighted by molar-refractivity contribution is 0.416. The van der Waals surface area contributed by atoms with Gasteiger partial charge in [0.15, 0.2) is 0 Å². The summed E-state index contributed by atoms with van der Waals surface area (Å²) in [5.41, 5.74) is 0. The van der Waals surface area contributed by atoms with E-state index in [0.29, 0.717) is 5.76 Å². The molecule has 0 aliphatic heterocycles. The Labute approximate surface area is 56.8 Å². The molecule has 0 spiro atoms. The third-order valence-electron chi connectivity index (χ3n) is 0.956. The minimum atomic E-state index is 0.340. The normalized spacial score (nSPS) is 19.6. The minimum absolute atomic E-state index is 0.340. The van der Waals surface area contributed by atoms with Crippen molar-refractivity contribution in [3.63, 3.8) is 0 Å². The Hall–Kier alpha value is -0.240. The van der Waals surface area contributed by atoms with Crippen LogP contribution >= 0.6 is 15.9 Å². The highest BCUT2D eigenvalue weighted by Gasteiger charge is 2.01. The van der Waals surface area contributed by atoms with E-state index in [9.17, 15) is 0 Å². The molecule has 0 atom stereocenters. The summed E-state index contributed by atoms with van der Waals surface area (Å²) >= 11 is 3.17. The van der Waals surface area contributed by atoms with Gasteiger partial charge in [0.05, 0.1) is 4.48 Å². The Balaban J connectivity index is 2.76. The van der Waals surface area contributed by atoms with Crippen molar-refractivity contribution in [1.82, 2.24) is 0 Å². The molecule has 0 saturated carbocycles. The van der Waals surface area contributed by atoms with E-state index in [0.717, 1.165) is 10.9 Å². The maximum atomic E-state index is 8.90. The van der Waals surface area contributed by atoms with E-state index in [1.807, 2.05) is 12.2 Å². The predicted octanol–water partition coefficient (Wildman–Crippen LogP) is 2.32. The van der Waals surface area contributed by atoms with E-state index < -0.39 is 0 Å². The number of hydrogen-bond acceptors (Lipinski definition) is 1. The quantitative estimate of drug-likeness (QED) is 0.597. The molecule has 0 saturated heterocycles. The first kappa shape index (κ1) is 5.89. The first-order valence-corrected chi connectivity index (χ1v) is 3.18. The van der Waals surface area contributed by atoms with Crippen LogP contribution in [0.1, 0.15) is 6.42 Å². The maximum Gasteiger partial charge on any atom is 0.110 e. The number of hydrogen-bond donors (Lipinski definition) is 1. The second kappa shape index (κ2) is 2.35. The summed E-state index contributed by atoms with van der Waals surface area (Å²) < 4.78 is 0.767. The van der Waals surface area contributed by atoms with Crippen LogP contribution in [0.2, 0.25) is 0 Å². The standard InChI is InChI=1S/C6H6BrO/c7-5-3-1-2-4-6(5)8/h1,3-4,8H,2H2. The van der Waals surface area contributed by atoms with Crippen molar-refractivity contribution in [3.8, 4) is 0 Å². The minimum Gasteiger partial charge on any atom is -0.511 e. The van der Waals surface area contributed by atoms with Gasteiger partial charge < -0.3 is 5.11 Å². The zero-order valence-corrected chi connectivity index (χ0v) is 5.85. The average Bonchev–Trinajstić information content (AvgIpc) is 1.77. The molecule has 1 aliphatic carbocycles. The van der Waals surface area contributed by atoms with Crippen molar-refractivity contribution in [2.45, 2.75) is 6.42 Å². The number of aliphatic hydroxyl groups is 1. The van der Waals surface area contributed by atoms with Gasteiger partial charge >= 0.3 is 0 Å². The smallest absolute Gasteiger partial charge is 0.110 e. The second-order valence-electron chi connectivity index (χ2n) is 1.58. The van der Waals surface area contributed by atoms with E-state index in [1.165, 1.54) is 0 Å². The van der Waals surface area contributed by atoms with E-state index >= 15 is 0 Å². The van der Waals surface area contributed by atoms with Gasteiger partial charge in [0, 0.05) is 6.42 Å². The van der Waals surface area contributed by atoms with Crippen LogP contribution in [-0.4, -0.2) is 5.11 Å². The predicted molar refractivity (Wildman–Crippen MR) is 36.6 cm³/mol. The first-order valence-electron chi connectivity index (χ1n) is 2.39. The molecule has 8 heavy (non-hydrogen) atoms. The Morgan fingerprint density at radius 3 is 2.75 bits per heavy atom. The Kier molecular flexibility index (Phi) is 1.73. The molecular weight excluding hydrogens is 168 g/mol. The molecule has 1 nitrogen and oxygen atoms in total. The van der Waals surface area contributed by atoms with E-state index in [4.69, 9.17) is 5.11 Å². The average molecular weight is 174 g/mol. The molecule has 1 aliphatic rings. The van der Waals surface area contributed by atoms with Gasteiger partial charge in [0.1, 0.15) is 5.76 Å². The van der Waals surface area contributed by atoms with Crippen LogP contribution in [0.4, 0.5) is 0 Å². The van der Waals surface area contributed by atoms with Gasteiger partial charge in [-0.05, 0) is 28.4 Å². The van der Waals surface area contributed by atoms with Gasteiger partial charge in [-0.25, -0.2) is 0 Å². The van der Waals surface area contributed by atoms with Crippen LogP contribution < -0.4 is 0 Å². The molecule has 0 bridgehead atoms. The molecular formula is C6H6BrO. The first-order chi connectivity index (χ1) is 3.80. The number of allylic oxidation sites excluding steroid dienone is 4. The maximum absolute atomic E-state index is 8.90.